The predicted molar refractivity (Wildman–Crippen MR) is 132 cm³/mol. The molecule has 0 radical (unpaired) electrons. The predicted octanol–water partition coefficient (Wildman–Crippen LogP) is 2.30. The first-order valence-corrected chi connectivity index (χ1v) is 11.7. The van der Waals surface area contributed by atoms with Gasteiger partial charge in [0.1, 0.15) is 16.9 Å². The lowest BCUT2D eigenvalue weighted by Gasteiger charge is -2.28. The van der Waals surface area contributed by atoms with E-state index < -0.39 is 22.8 Å². The molecule has 2 saturated heterocycles. The van der Waals surface area contributed by atoms with Gasteiger partial charge in [-0.05, 0) is 18.9 Å². The van der Waals surface area contributed by atoms with Crippen molar-refractivity contribution in [1.82, 2.24) is 24.6 Å². The number of hydrogen-bond donors (Lipinski definition) is 2. The van der Waals surface area contributed by atoms with Gasteiger partial charge in [0.2, 0.25) is 5.91 Å². The third-order valence-electron chi connectivity index (χ3n) is 6.84. The van der Waals surface area contributed by atoms with Gasteiger partial charge in [-0.2, -0.15) is 10.1 Å². The van der Waals surface area contributed by atoms with E-state index in [0.717, 1.165) is 25.6 Å². The average Bonchev–Trinajstić information content (AvgIpc) is 3.57. The Morgan fingerprint density at radius 3 is 2.84 bits per heavy atom. The largest absolute Gasteiger partial charge is 0.423 e. The number of aromatic nitrogens is 4. The summed E-state index contributed by atoms with van der Waals surface area (Å²) >= 11 is 0. The Morgan fingerprint density at radius 1 is 1.30 bits per heavy atom. The zero-order chi connectivity index (χ0) is 25.8. The maximum absolute atomic E-state index is 15.3. The quantitative estimate of drug-likeness (QED) is 0.323. The number of nitrogen functional groups attached to an aromatic ring is 1. The molecule has 4 aromatic rings. The molecular formula is C25H21F2N7O3. The number of amides is 1. The number of halogens is 2. The standard InChI is InChI=1S/C25H21F2N7O3/c1-2-18(35)33-9-6-14(12-33)34-11-13(19-22(34)24(36)31-30-23(19)28)4-5-15-16(26)10-17-21(20(15)27)29-25(37-17)32-7-3-8-32/h2,10-11,14H,1,3,6-9,12H2,(H2,28,30)(H,31,36)/t14-/m0/s1. The Morgan fingerprint density at radius 2 is 2.11 bits per heavy atom. The maximum Gasteiger partial charge on any atom is 0.298 e. The van der Waals surface area contributed by atoms with Crippen LogP contribution in [0.2, 0.25) is 0 Å². The monoisotopic (exact) mass is 505 g/mol. The van der Waals surface area contributed by atoms with Crippen LogP contribution in [0.3, 0.4) is 0 Å². The summed E-state index contributed by atoms with van der Waals surface area (Å²) in [5, 5.41) is 6.46. The molecule has 1 atom stereocenters. The van der Waals surface area contributed by atoms with E-state index in [1.807, 2.05) is 4.90 Å². The highest BCUT2D eigenvalue weighted by molar-refractivity contribution is 5.94. The van der Waals surface area contributed by atoms with E-state index in [4.69, 9.17) is 10.2 Å². The molecule has 1 amide bonds. The fraction of sp³-hybridized carbons (Fsp3) is 0.280. The number of H-pyrrole nitrogens is 1. The zero-order valence-electron chi connectivity index (χ0n) is 19.6. The summed E-state index contributed by atoms with van der Waals surface area (Å²) < 4.78 is 37.3. The lowest BCUT2D eigenvalue weighted by atomic mass is 10.1. The van der Waals surface area contributed by atoms with Crippen LogP contribution in [0.5, 0.6) is 0 Å². The molecule has 12 heteroatoms. The van der Waals surface area contributed by atoms with Crippen LogP contribution in [0.15, 0.2) is 34.1 Å². The molecule has 2 aliphatic rings. The maximum atomic E-state index is 15.3. The molecule has 3 N–H and O–H groups in total. The summed E-state index contributed by atoms with van der Waals surface area (Å²) in [5.41, 5.74) is 5.50. The molecule has 5 heterocycles. The fourth-order valence-electron chi connectivity index (χ4n) is 4.79. The highest BCUT2D eigenvalue weighted by Crippen LogP contribution is 2.31. The van der Waals surface area contributed by atoms with E-state index in [-0.39, 0.29) is 51.3 Å². The second-order valence-corrected chi connectivity index (χ2v) is 9.02. The number of carbonyl (C=O) groups excluding carboxylic acids is 1. The summed E-state index contributed by atoms with van der Waals surface area (Å²) in [6.07, 6.45) is 4.40. The van der Waals surface area contributed by atoms with Crippen molar-refractivity contribution in [3.8, 4) is 11.8 Å². The number of likely N-dealkylation sites (tertiary alicyclic amines) is 1. The molecular weight excluding hydrogens is 484 g/mol. The number of nitrogens with two attached hydrogens (primary N) is 1. The van der Waals surface area contributed by atoms with E-state index in [1.54, 1.807) is 15.7 Å². The first-order chi connectivity index (χ1) is 17.9. The van der Waals surface area contributed by atoms with Crippen LogP contribution >= 0.6 is 0 Å². The number of hydrogen-bond acceptors (Lipinski definition) is 7. The second kappa shape index (κ2) is 8.48. The van der Waals surface area contributed by atoms with Crippen LogP contribution in [0.1, 0.15) is 30.0 Å². The minimum absolute atomic E-state index is 0.00103. The normalized spacial score (nSPS) is 17.2. The minimum atomic E-state index is -0.930. The molecule has 188 valence electrons. The van der Waals surface area contributed by atoms with Crippen LogP contribution in [0.4, 0.5) is 20.6 Å². The number of nitrogens with one attached hydrogen (secondary N) is 1. The third-order valence-corrected chi connectivity index (χ3v) is 6.84. The van der Waals surface area contributed by atoms with Crippen molar-refractivity contribution < 1.29 is 18.0 Å². The number of carbonyl (C=O) groups is 1. The number of rotatable bonds is 3. The van der Waals surface area contributed by atoms with Crippen LogP contribution in [0.25, 0.3) is 22.0 Å². The van der Waals surface area contributed by atoms with Gasteiger partial charge in [-0.25, -0.2) is 13.9 Å². The Hall–Kier alpha value is -4.66. The second-order valence-electron chi connectivity index (χ2n) is 9.02. The Balaban J connectivity index is 1.44. The van der Waals surface area contributed by atoms with Gasteiger partial charge in [-0.3, -0.25) is 9.59 Å². The van der Waals surface area contributed by atoms with Crippen molar-refractivity contribution in [2.45, 2.75) is 18.9 Å². The van der Waals surface area contributed by atoms with Gasteiger partial charge in [0.25, 0.3) is 11.6 Å². The smallest absolute Gasteiger partial charge is 0.298 e. The van der Waals surface area contributed by atoms with Gasteiger partial charge in [-0.15, -0.1) is 0 Å². The molecule has 2 fully saturated rings. The highest BCUT2D eigenvalue weighted by Gasteiger charge is 2.29. The molecule has 0 bridgehead atoms. The molecule has 2 aliphatic heterocycles. The van der Waals surface area contributed by atoms with Gasteiger partial charge in [-0.1, -0.05) is 18.4 Å². The molecule has 37 heavy (non-hydrogen) atoms. The van der Waals surface area contributed by atoms with E-state index in [1.165, 1.54) is 6.08 Å². The van der Waals surface area contributed by atoms with E-state index in [0.29, 0.717) is 19.5 Å². The molecule has 0 saturated carbocycles. The number of benzene rings is 1. The van der Waals surface area contributed by atoms with Crippen molar-refractivity contribution in [2.75, 3.05) is 36.8 Å². The number of aromatic amines is 1. The van der Waals surface area contributed by atoms with Gasteiger partial charge < -0.3 is 24.5 Å². The number of oxazole rings is 1. The Bertz CT molecular complexity index is 1720. The van der Waals surface area contributed by atoms with Gasteiger partial charge >= 0.3 is 0 Å². The van der Waals surface area contributed by atoms with Crippen molar-refractivity contribution in [3.05, 3.63) is 58.0 Å². The minimum Gasteiger partial charge on any atom is -0.423 e. The number of fused-ring (bicyclic) bond motifs is 2. The summed E-state index contributed by atoms with van der Waals surface area (Å²) in [5.74, 6) is 3.30. The number of anilines is 2. The lowest BCUT2D eigenvalue weighted by molar-refractivity contribution is -0.125. The van der Waals surface area contributed by atoms with Crippen LogP contribution in [0, 0.1) is 23.5 Å². The zero-order valence-corrected chi connectivity index (χ0v) is 19.6. The third kappa shape index (κ3) is 3.62. The van der Waals surface area contributed by atoms with Crippen LogP contribution in [-0.2, 0) is 4.79 Å². The van der Waals surface area contributed by atoms with Crippen LogP contribution in [-0.4, -0.2) is 56.7 Å². The van der Waals surface area contributed by atoms with Crippen molar-refractivity contribution >= 4 is 39.7 Å². The molecule has 0 spiro atoms. The first kappa shape index (κ1) is 22.8. The van der Waals surface area contributed by atoms with E-state index in [9.17, 15) is 14.0 Å². The average molecular weight is 505 g/mol. The summed E-state index contributed by atoms with van der Waals surface area (Å²) in [7, 11) is 0. The molecule has 6 rings (SSSR count). The van der Waals surface area contributed by atoms with Crippen molar-refractivity contribution in [2.24, 2.45) is 0 Å². The highest BCUT2D eigenvalue weighted by atomic mass is 19.1. The van der Waals surface area contributed by atoms with Crippen molar-refractivity contribution in [1.29, 1.82) is 0 Å². The molecule has 1 aromatic carbocycles. The van der Waals surface area contributed by atoms with Crippen LogP contribution < -0.4 is 16.2 Å². The fourth-order valence-corrected chi connectivity index (χ4v) is 4.79. The number of nitrogens with zero attached hydrogens (tertiary/aromatic N) is 5. The van der Waals surface area contributed by atoms with E-state index >= 15 is 4.39 Å². The van der Waals surface area contributed by atoms with Crippen molar-refractivity contribution in [3.63, 3.8) is 0 Å². The summed E-state index contributed by atoms with van der Waals surface area (Å²) in [6.45, 7) is 5.84. The lowest BCUT2D eigenvalue weighted by Crippen LogP contribution is -2.37. The Labute approximate surface area is 208 Å². The van der Waals surface area contributed by atoms with Gasteiger partial charge in [0.05, 0.1) is 22.6 Å². The molecule has 3 aromatic heterocycles. The Kier molecular flexibility index (Phi) is 5.22. The first-order valence-electron chi connectivity index (χ1n) is 11.7. The van der Waals surface area contributed by atoms with E-state index in [2.05, 4.69) is 33.6 Å². The molecule has 10 nitrogen and oxygen atoms in total. The topological polar surface area (TPSA) is 126 Å². The SMILES string of the molecule is C=CC(=O)N1CC[C@H](n2cc(C#Cc3c(F)cc4oc(N5CCC5)nc4c3F)c3c(N)n[nH]c(=O)c32)C1. The summed E-state index contributed by atoms with van der Waals surface area (Å²) in [4.78, 5) is 32.4. The summed E-state index contributed by atoms with van der Waals surface area (Å²) in [6, 6.07) is 1.07. The molecule has 0 unspecified atom stereocenters. The molecule has 0 aliphatic carbocycles. The van der Waals surface area contributed by atoms with Gasteiger partial charge in [0, 0.05) is 38.4 Å². The van der Waals surface area contributed by atoms with Gasteiger partial charge in [0.15, 0.2) is 17.2 Å².